The van der Waals surface area contributed by atoms with E-state index < -0.39 is 0 Å². The molecule has 0 bridgehead atoms. The van der Waals surface area contributed by atoms with Crippen LogP contribution in [0.4, 0.5) is 0 Å². The van der Waals surface area contributed by atoms with Gasteiger partial charge in [0.2, 0.25) is 0 Å². The van der Waals surface area contributed by atoms with Gasteiger partial charge in [-0.25, -0.2) is 0 Å². The fourth-order valence-electron chi connectivity index (χ4n) is 3.03. The molecule has 104 valence electrons. The van der Waals surface area contributed by atoms with Crippen LogP contribution in [0, 0.1) is 0 Å². The Kier molecular flexibility index (Phi) is 2.67. The molecule has 1 aliphatic carbocycles. The molecule has 0 aromatic heterocycles. The van der Waals surface area contributed by atoms with Gasteiger partial charge in [0.05, 0.1) is 12.3 Å². The molecular formula is C18H17N3. The molecular weight excluding hydrogens is 258 g/mol. The maximum Gasteiger partial charge on any atom is 0.117 e. The van der Waals surface area contributed by atoms with E-state index in [2.05, 4.69) is 66.8 Å². The Morgan fingerprint density at radius 3 is 2.57 bits per heavy atom. The normalized spacial score (nSPS) is 16.7. The van der Waals surface area contributed by atoms with Crippen LogP contribution in [0.2, 0.25) is 0 Å². The van der Waals surface area contributed by atoms with Crippen LogP contribution in [0.25, 0.3) is 11.1 Å². The van der Waals surface area contributed by atoms with Crippen molar-refractivity contribution in [3.63, 3.8) is 0 Å². The second-order valence-electron chi connectivity index (χ2n) is 5.79. The largest absolute Gasteiger partial charge is 0.307 e. The maximum atomic E-state index is 4.74. The molecule has 1 N–H and O–H groups in total. The van der Waals surface area contributed by atoms with Gasteiger partial charge in [-0.3, -0.25) is 4.99 Å². The van der Waals surface area contributed by atoms with E-state index in [1.54, 1.807) is 0 Å². The number of hydrogen-bond donors (Lipinski definition) is 1. The number of benzene rings is 2. The minimum atomic E-state index is 0.309. The number of nitrogens with one attached hydrogen (secondary N) is 1. The first kappa shape index (κ1) is 12.3. The summed E-state index contributed by atoms with van der Waals surface area (Å²) in [5.74, 6) is 0. The molecule has 0 amide bonds. The standard InChI is InChI=1S/C18H17N3/c1-11(2)20-21-17-15-8-4-3-7-13(15)14-9-5-6-12-10-19-18(17)16(12)14/h3-9,11,20H,10H2,1-2H3/b21-17-. The van der Waals surface area contributed by atoms with E-state index in [0.29, 0.717) is 6.04 Å². The van der Waals surface area contributed by atoms with Crippen molar-refractivity contribution in [2.75, 3.05) is 0 Å². The molecule has 0 fully saturated rings. The predicted octanol–water partition coefficient (Wildman–Crippen LogP) is 3.37. The van der Waals surface area contributed by atoms with E-state index in [1.807, 2.05) is 0 Å². The molecule has 2 aromatic rings. The van der Waals surface area contributed by atoms with Gasteiger partial charge in [0.15, 0.2) is 0 Å². The molecule has 4 rings (SSSR count). The summed E-state index contributed by atoms with van der Waals surface area (Å²) in [5.41, 5.74) is 11.4. The zero-order valence-electron chi connectivity index (χ0n) is 12.2. The average molecular weight is 275 g/mol. The van der Waals surface area contributed by atoms with Gasteiger partial charge in [0.1, 0.15) is 5.71 Å². The van der Waals surface area contributed by atoms with Crippen LogP contribution >= 0.6 is 0 Å². The lowest BCUT2D eigenvalue weighted by molar-refractivity contribution is 0.622. The zero-order chi connectivity index (χ0) is 14.4. The molecule has 0 saturated heterocycles. The Hall–Kier alpha value is -2.42. The molecule has 0 spiro atoms. The lowest BCUT2D eigenvalue weighted by atomic mass is 9.82. The van der Waals surface area contributed by atoms with Gasteiger partial charge in [0.25, 0.3) is 0 Å². The Morgan fingerprint density at radius 1 is 1.00 bits per heavy atom. The fraction of sp³-hybridized carbons (Fsp3) is 0.222. The van der Waals surface area contributed by atoms with Crippen LogP contribution < -0.4 is 5.43 Å². The SMILES string of the molecule is CC(C)N/N=C1\C2=NCc3cccc(c32)-c2ccccc21. The van der Waals surface area contributed by atoms with Crippen molar-refractivity contribution >= 4 is 11.4 Å². The third-order valence-corrected chi connectivity index (χ3v) is 3.93. The molecule has 0 radical (unpaired) electrons. The Bertz CT molecular complexity index is 785. The van der Waals surface area contributed by atoms with Gasteiger partial charge in [-0.05, 0) is 30.5 Å². The monoisotopic (exact) mass is 275 g/mol. The minimum absolute atomic E-state index is 0.309. The second-order valence-corrected chi connectivity index (χ2v) is 5.79. The molecule has 21 heavy (non-hydrogen) atoms. The first-order valence-corrected chi connectivity index (χ1v) is 7.36. The molecule has 3 heteroatoms. The summed E-state index contributed by atoms with van der Waals surface area (Å²) in [7, 11) is 0. The van der Waals surface area contributed by atoms with Crippen LogP contribution in [0.15, 0.2) is 52.6 Å². The molecule has 0 atom stereocenters. The van der Waals surface area contributed by atoms with E-state index in [4.69, 9.17) is 4.99 Å². The van der Waals surface area contributed by atoms with Crippen molar-refractivity contribution < 1.29 is 0 Å². The van der Waals surface area contributed by atoms with Crippen LogP contribution in [0.1, 0.15) is 30.5 Å². The van der Waals surface area contributed by atoms with Crippen LogP contribution in [0.5, 0.6) is 0 Å². The highest BCUT2D eigenvalue weighted by molar-refractivity contribution is 6.57. The molecule has 2 aliphatic rings. The second kappa shape index (κ2) is 4.55. The third kappa shape index (κ3) is 1.81. The molecule has 0 unspecified atom stereocenters. The topological polar surface area (TPSA) is 36.8 Å². The molecule has 1 aliphatic heterocycles. The lowest BCUT2D eigenvalue weighted by Crippen LogP contribution is -2.27. The van der Waals surface area contributed by atoms with E-state index in [1.165, 1.54) is 22.3 Å². The van der Waals surface area contributed by atoms with Crippen molar-refractivity contribution in [2.24, 2.45) is 10.1 Å². The highest BCUT2D eigenvalue weighted by Crippen LogP contribution is 2.38. The summed E-state index contributed by atoms with van der Waals surface area (Å²) in [6.07, 6.45) is 0. The number of hydrogen-bond acceptors (Lipinski definition) is 3. The van der Waals surface area contributed by atoms with Gasteiger partial charge in [-0.15, -0.1) is 0 Å². The minimum Gasteiger partial charge on any atom is -0.307 e. The maximum absolute atomic E-state index is 4.74. The summed E-state index contributed by atoms with van der Waals surface area (Å²) in [5, 5.41) is 4.64. The Morgan fingerprint density at radius 2 is 1.76 bits per heavy atom. The van der Waals surface area contributed by atoms with Crippen LogP contribution in [-0.2, 0) is 6.54 Å². The molecule has 3 nitrogen and oxygen atoms in total. The number of fused-ring (bicyclic) bond motifs is 2. The van der Waals surface area contributed by atoms with Crippen molar-refractivity contribution in [3.8, 4) is 11.1 Å². The Balaban J connectivity index is 1.99. The van der Waals surface area contributed by atoms with Crippen LogP contribution in [0.3, 0.4) is 0 Å². The lowest BCUT2D eigenvalue weighted by Gasteiger charge is -2.22. The molecule has 1 heterocycles. The van der Waals surface area contributed by atoms with E-state index in [0.717, 1.165) is 23.5 Å². The molecule has 2 aromatic carbocycles. The van der Waals surface area contributed by atoms with Crippen molar-refractivity contribution in [2.45, 2.75) is 26.4 Å². The van der Waals surface area contributed by atoms with E-state index in [-0.39, 0.29) is 0 Å². The van der Waals surface area contributed by atoms with Gasteiger partial charge >= 0.3 is 0 Å². The number of rotatable bonds is 2. The first-order valence-electron chi connectivity index (χ1n) is 7.36. The van der Waals surface area contributed by atoms with Crippen LogP contribution in [-0.4, -0.2) is 17.5 Å². The first-order chi connectivity index (χ1) is 10.3. The summed E-state index contributed by atoms with van der Waals surface area (Å²) >= 11 is 0. The smallest absolute Gasteiger partial charge is 0.117 e. The van der Waals surface area contributed by atoms with Crippen molar-refractivity contribution in [1.29, 1.82) is 0 Å². The van der Waals surface area contributed by atoms with Gasteiger partial charge < -0.3 is 5.43 Å². The molecule has 0 saturated carbocycles. The number of nitrogens with zero attached hydrogens (tertiary/aromatic N) is 2. The van der Waals surface area contributed by atoms with Gasteiger partial charge in [-0.2, -0.15) is 5.10 Å². The summed E-state index contributed by atoms with van der Waals surface area (Å²) in [6.45, 7) is 4.94. The number of hydrazone groups is 1. The summed E-state index contributed by atoms with van der Waals surface area (Å²) in [4.78, 5) is 4.74. The van der Waals surface area contributed by atoms with Gasteiger partial charge in [-0.1, -0.05) is 42.5 Å². The summed E-state index contributed by atoms with van der Waals surface area (Å²) < 4.78 is 0. The zero-order valence-corrected chi connectivity index (χ0v) is 12.2. The number of aliphatic imine (C=N–C) groups is 1. The van der Waals surface area contributed by atoms with Crippen molar-refractivity contribution in [3.05, 3.63) is 59.2 Å². The van der Waals surface area contributed by atoms with E-state index >= 15 is 0 Å². The highest BCUT2D eigenvalue weighted by Gasteiger charge is 2.31. The van der Waals surface area contributed by atoms with Gasteiger partial charge in [0, 0.05) is 17.2 Å². The van der Waals surface area contributed by atoms with Crippen molar-refractivity contribution in [1.82, 2.24) is 5.43 Å². The fourth-order valence-corrected chi connectivity index (χ4v) is 3.03. The highest BCUT2D eigenvalue weighted by atomic mass is 15.3. The quantitative estimate of drug-likeness (QED) is 0.838. The average Bonchev–Trinajstić information content (AvgIpc) is 2.92. The predicted molar refractivity (Wildman–Crippen MR) is 86.9 cm³/mol. The Labute approximate surface area is 124 Å². The van der Waals surface area contributed by atoms with E-state index in [9.17, 15) is 0 Å². The third-order valence-electron chi connectivity index (χ3n) is 3.93. The summed E-state index contributed by atoms with van der Waals surface area (Å²) in [6, 6.07) is 15.2.